The van der Waals surface area contributed by atoms with E-state index >= 15 is 0 Å². The Kier molecular flexibility index (Phi) is 5.91. The number of rotatable bonds is 5. The fraction of sp³-hybridized carbons (Fsp3) is 0.474. The number of nitrogens with one attached hydrogen (secondary N) is 2. The Morgan fingerprint density at radius 1 is 1.40 bits per heavy atom. The second kappa shape index (κ2) is 8.15. The predicted molar refractivity (Wildman–Crippen MR) is 101 cm³/mol. The fourth-order valence-corrected chi connectivity index (χ4v) is 3.76. The van der Waals surface area contributed by atoms with E-state index in [0.29, 0.717) is 12.5 Å². The molecule has 25 heavy (non-hydrogen) atoms. The van der Waals surface area contributed by atoms with Gasteiger partial charge in [0, 0.05) is 34.6 Å². The van der Waals surface area contributed by atoms with Crippen molar-refractivity contribution in [1.82, 2.24) is 15.3 Å². The summed E-state index contributed by atoms with van der Waals surface area (Å²) in [6.45, 7) is 2.00. The van der Waals surface area contributed by atoms with E-state index in [9.17, 15) is 9.90 Å². The molecule has 3 N–H and O–H groups in total. The van der Waals surface area contributed by atoms with Crippen molar-refractivity contribution in [2.24, 2.45) is 5.92 Å². The van der Waals surface area contributed by atoms with Gasteiger partial charge in [-0.25, -0.2) is 4.98 Å². The number of imidazole rings is 1. The number of amides is 1. The third-order valence-corrected chi connectivity index (χ3v) is 5.27. The van der Waals surface area contributed by atoms with Gasteiger partial charge in [0.1, 0.15) is 5.82 Å². The Labute approximate surface area is 156 Å². The van der Waals surface area contributed by atoms with Crippen LogP contribution in [0, 0.1) is 5.92 Å². The number of aliphatic hydroxyl groups is 1. The van der Waals surface area contributed by atoms with Gasteiger partial charge in [0.2, 0.25) is 5.91 Å². The van der Waals surface area contributed by atoms with Gasteiger partial charge in [-0.05, 0) is 44.7 Å². The van der Waals surface area contributed by atoms with E-state index in [4.69, 9.17) is 4.98 Å². The summed E-state index contributed by atoms with van der Waals surface area (Å²) in [6, 6.07) is 8.11. The molecule has 1 aliphatic rings. The van der Waals surface area contributed by atoms with Crippen molar-refractivity contribution in [3.05, 3.63) is 40.8 Å². The molecular weight excluding hydrogens is 382 g/mol. The van der Waals surface area contributed by atoms with Gasteiger partial charge in [-0.2, -0.15) is 0 Å². The highest BCUT2D eigenvalue weighted by Crippen LogP contribution is 2.35. The van der Waals surface area contributed by atoms with E-state index in [1.807, 2.05) is 24.4 Å². The molecule has 1 aromatic heterocycles. The van der Waals surface area contributed by atoms with Gasteiger partial charge in [-0.3, -0.25) is 4.79 Å². The van der Waals surface area contributed by atoms with Crippen LogP contribution in [-0.2, 0) is 4.79 Å². The molecule has 134 valence electrons. The Morgan fingerprint density at radius 2 is 2.16 bits per heavy atom. The Hall–Kier alpha value is -1.66. The first-order valence-corrected chi connectivity index (χ1v) is 9.59. The summed E-state index contributed by atoms with van der Waals surface area (Å²) < 4.78 is 1.04. The first-order valence-electron chi connectivity index (χ1n) is 8.80. The van der Waals surface area contributed by atoms with Crippen molar-refractivity contribution in [3.8, 4) is 11.3 Å². The number of hydrogen-bond acceptors (Lipinski definition) is 3. The van der Waals surface area contributed by atoms with Crippen LogP contribution < -0.4 is 5.32 Å². The van der Waals surface area contributed by atoms with Gasteiger partial charge in [-0.1, -0.05) is 28.1 Å². The zero-order valence-corrected chi connectivity index (χ0v) is 15.9. The monoisotopic (exact) mass is 405 g/mol. The van der Waals surface area contributed by atoms with Crippen LogP contribution in [0.2, 0.25) is 0 Å². The first kappa shape index (κ1) is 18.1. The Morgan fingerprint density at radius 3 is 2.84 bits per heavy atom. The lowest BCUT2D eigenvalue weighted by atomic mass is 9.81. The standard InChI is InChI=1S/C19H24BrN3O2/c1-12(24)10-22-19(25)14-7-5-13(6-8-14)18-21-11-17(23-18)15-3-2-4-16(20)9-15/h2-4,9,11-14,24H,5-8,10H2,1H3,(H,21,23)(H,22,25)/t12?,13-,14-. The zero-order chi connectivity index (χ0) is 17.8. The second-order valence-corrected chi connectivity index (χ2v) is 7.74. The van der Waals surface area contributed by atoms with E-state index in [1.54, 1.807) is 6.92 Å². The van der Waals surface area contributed by atoms with Crippen molar-refractivity contribution >= 4 is 21.8 Å². The molecule has 5 nitrogen and oxygen atoms in total. The van der Waals surface area contributed by atoms with E-state index in [-0.39, 0.29) is 11.8 Å². The summed E-state index contributed by atoms with van der Waals surface area (Å²) in [6.07, 6.45) is 5.10. The molecule has 1 heterocycles. The molecule has 1 amide bonds. The van der Waals surface area contributed by atoms with Crippen molar-refractivity contribution in [3.63, 3.8) is 0 Å². The maximum absolute atomic E-state index is 12.1. The molecule has 1 atom stereocenters. The number of nitrogens with zero attached hydrogens (tertiary/aromatic N) is 1. The minimum Gasteiger partial charge on any atom is -0.392 e. The van der Waals surface area contributed by atoms with Gasteiger partial charge in [0.15, 0.2) is 0 Å². The van der Waals surface area contributed by atoms with Crippen LogP contribution in [0.1, 0.15) is 44.3 Å². The summed E-state index contributed by atoms with van der Waals surface area (Å²) in [5.74, 6) is 1.50. The smallest absolute Gasteiger partial charge is 0.223 e. The number of H-pyrrole nitrogens is 1. The Bertz CT molecular complexity index is 721. The lowest BCUT2D eigenvalue weighted by Crippen LogP contribution is -2.36. The molecule has 1 aromatic carbocycles. The second-order valence-electron chi connectivity index (χ2n) is 6.82. The number of aliphatic hydroxyl groups excluding tert-OH is 1. The van der Waals surface area contributed by atoms with E-state index in [1.165, 1.54) is 0 Å². The SMILES string of the molecule is CC(O)CNC(=O)[C@H]1CC[C@H](c2nc(-c3cccc(Br)c3)c[nH]2)CC1. The summed E-state index contributed by atoms with van der Waals surface area (Å²) in [4.78, 5) is 20.2. The third-order valence-electron chi connectivity index (χ3n) is 4.77. The van der Waals surface area contributed by atoms with Crippen LogP contribution in [0.25, 0.3) is 11.3 Å². The average molecular weight is 406 g/mol. The number of hydrogen-bond donors (Lipinski definition) is 3. The number of benzene rings is 1. The molecule has 0 radical (unpaired) electrons. The molecule has 0 saturated heterocycles. The van der Waals surface area contributed by atoms with Crippen molar-refractivity contribution in [2.75, 3.05) is 6.54 Å². The highest BCUT2D eigenvalue weighted by atomic mass is 79.9. The highest BCUT2D eigenvalue weighted by molar-refractivity contribution is 9.10. The molecule has 0 spiro atoms. The molecule has 0 bridgehead atoms. The third kappa shape index (κ3) is 4.70. The van der Waals surface area contributed by atoms with Crippen LogP contribution in [0.4, 0.5) is 0 Å². The summed E-state index contributed by atoms with van der Waals surface area (Å²) >= 11 is 3.49. The normalized spacial score (nSPS) is 21.7. The maximum Gasteiger partial charge on any atom is 0.223 e. The lowest BCUT2D eigenvalue weighted by molar-refractivity contribution is -0.126. The van der Waals surface area contributed by atoms with Gasteiger partial charge >= 0.3 is 0 Å². The predicted octanol–water partition coefficient (Wildman–Crippen LogP) is 3.61. The molecule has 1 unspecified atom stereocenters. The number of carbonyl (C=O) groups is 1. The largest absolute Gasteiger partial charge is 0.392 e. The highest BCUT2D eigenvalue weighted by Gasteiger charge is 2.28. The van der Waals surface area contributed by atoms with Crippen LogP contribution >= 0.6 is 15.9 Å². The molecule has 2 aromatic rings. The quantitative estimate of drug-likeness (QED) is 0.710. The summed E-state index contributed by atoms with van der Waals surface area (Å²) in [5, 5.41) is 12.1. The summed E-state index contributed by atoms with van der Waals surface area (Å²) in [7, 11) is 0. The number of aromatic nitrogens is 2. The average Bonchev–Trinajstić information content (AvgIpc) is 3.10. The molecule has 1 fully saturated rings. The molecule has 0 aliphatic heterocycles. The van der Waals surface area contributed by atoms with Gasteiger partial charge in [0.05, 0.1) is 11.8 Å². The molecule has 1 saturated carbocycles. The number of halogens is 1. The van der Waals surface area contributed by atoms with Crippen LogP contribution in [0.3, 0.4) is 0 Å². The number of carbonyl (C=O) groups excluding carboxylic acids is 1. The Balaban J connectivity index is 1.58. The van der Waals surface area contributed by atoms with Crippen LogP contribution in [0.5, 0.6) is 0 Å². The van der Waals surface area contributed by atoms with Crippen LogP contribution in [0.15, 0.2) is 34.9 Å². The van der Waals surface area contributed by atoms with Crippen LogP contribution in [-0.4, -0.2) is 33.6 Å². The summed E-state index contributed by atoms with van der Waals surface area (Å²) in [5.41, 5.74) is 2.04. The van der Waals surface area contributed by atoms with Crippen molar-refractivity contribution in [1.29, 1.82) is 0 Å². The molecule has 6 heteroatoms. The topological polar surface area (TPSA) is 78.0 Å². The lowest BCUT2D eigenvalue weighted by Gasteiger charge is -2.26. The van der Waals surface area contributed by atoms with Gasteiger partial charge in [-0.15, -0.1) is 0 Å². The minimum atomic E-state index is -0.500. The first-order chi connectivity index (χ1) is 12.0. The zero-order valence-electron chi connectivity index (χ0n) is 14.3. The minimum absolute atomic E-state index is 0.0505. The van der Waals surface area contributed by atoms with E-state index in [0.717, 1.165) is 47.2 Å². The van der Waals surface area contributed by atoms with Crippen molar-refractivity contribution < 1.29 is 9.90 Å². The van der Waals surface area contributed by atoms with Gasteiger partial charge < -0.3 is 15.4 Å². The van der Waals surface area contributed by atoms with E-state index < -0.39 is 6.10 Å². The van der Waals surface area contributed by atoms with Gasteiger partial charge in [0.25, 0.3) is 0 Å². The number of aromatic amines is 1. The fourth-order valence-electron chi connectivity index (χ4n) is 3.36. The molecule has 1 aliphatic carbocycles. The molecule has 3 rings (SSSR count). The molecular formula is C19H24BrN3O2. The van der Waals surface area contributed by atoms with E-state index in [2.05, 4.69) is 32.3 Å². The maximum atomic E-state index is 12.1. The van der Waals surface area contributed by atoms with Crippen molar-refractivity contribution in [2.45, 2.75) is 44.6 Å².